The van der Waals surface area contributed by atoms with Gasteiger partial charge in [0.15, 0.2) is 0 Å². The van der Waals surface area contributed by atoms with E-state index >= 15 is 0 Å². The first-order chi connectivity index (χ1) is 10.0. The summed E-state index contributed by atoms with van der Waals surface area (Å²) in [5, 5.41) is 3.52. The third kappa shape index (κ3) is 3.70. The number of anilines is 1. The monoisotopic (exact) mass is 298 g/mol. The number of nitrogens with zero attached hydrogens (tertiary/aromatic N) is 1. The lowest BCUT2D eigenvalue weighted by Crippen LogP contribution is -2.44. The van der Waals surface area contributed by atoms with E-state index < -0.39 is 11.7 Å². The van der Waals surface area contributed by atoms with E-state index in [1.165, 1.54) is 25.0 Å². The van der Waals surface area contributed by atoms with Crippen molar-refractivity contribution in [2.24, 2.45) is 0 Å². The van der Waals surface area contributed by atoms with Gasteiger partial charge < -0.3 is 10.2 Å². The molecule has 0 aromatic heterocycles. The molecule has 0 amide bonds. The maximum absolute atomic E-state index is 12.6. The number of benzene rings is 1. The molecule has 0 spiro atoms. The zero-order valence-corrected chi connectivity index (χ0v) is 12.0. The van der Waals surface area contributed by atoms with Crippen molar-refractivity contribution in [3.8, 4) is 0 Å². The van der Waals surface area contributed by atoms with Crippen LogP contribution in [0.1, 0.15) is 37.7 Å². The van der Waals surface area contributed by atoms with Crippen LogP contribution in [0.4, 0.5) is 18.9 Å². The molecule has 1 aliphatic heterocycles. The van der Waals surface area contributed by atoms with Crippen LogP contribution < -0.4 is 10.2 Å². The Kier molecular flexibility index (Phi) is 4.11. The van der Waals surface area contributed by atoms with Gasteiger partial charge in [-0.1, -0.05) is 6.42 Å². The van der Waals surface area contributed by atoms with Crippen molar-refractivity contribution >= 4 is 5.69 Å². The van der Waals surface area contributed by atoms with Crippen LogP contribution in [0.3, 0.4) is 0 Å². The summed E-state index contributed by atoms with van der Waals surface area (Å²) in [6.45, 7) is 1.95. The SMILES string of the molecule is FC(F)(F)c1ccc(N(CC2CCCCN2)C2CC2)cc1. The molecule has 5 heteroatoms. The van der Waals surface area contributed by atoms with E-state index in [9.17, 15) is 13.2 Å². The smallest absolute Gasteiger partial charge is 0.367 e. The fraction of sp³-hybridized carbons (Fsp3) is 0.625. The molecule has 2 aliphatic rings. The van der Waals surface area contributed by atoms with Crippen molar-refractivity contribution in [1.82, 2.24) is 5.32 Å². The Bertz CT molecular complexity index is 459. The molecule has 1 unspecified atom stereocenters. The highest BCUT2D eigenvalue weighted by Gasteiger charge is 2.33. The third-order valence-corrected chi connectivity index (χ3v) is 4.34. The second-order valence-electron chi connectivity index (χ2n) is 6.07. The molecule has 1 saturated carbocycles. The molecule has 21 heavy (non-hydrogen) atoms. The maximum Gasteiger partial charge on any atom is 0.416 e. The minimum Gasteiger partial charge on any atom is -0.367 e. The normalized spacial score (nSPS) is 23.1. The summed E-state index contributed by atoms with van der Waals surface area (Å²) in [5.41, 5.74) is 0.343. The Balaban J connectivity index is 1.71. The predicted octanol–water partition coefficient (Wildman–Crippen LogP) is 3.82. The van der Waals surface area contributed by atoms with Crippen molar-refractivity contribution in [3.05, 3.63) is 29.8 Å². The van der Waals surface area contributed by atoms with Crippen molar-refractivity contribution in [3.63, 3.8) is 0 Å². The largest absolute Gasteiger partial charge is 0.416 e. The van der Waals surface area contributed by atoms with Crippen LogP contribution in [0.5, 0.6) is 0 Å². The number of alkyl halides is 3. The van der Waals surface area contributed by atoms with Gasteiger partial charge in [-0.3, -0.25) is 0 Å². The van der Waals surface area contributed by atoms with E-state index in [4.69, 9.17) is 0 Å². The van der Waals surface area contributed by atoms with Gasteiger partial charge in [0.2, 0.25) is 0 Å². The van der Waals surface area contributed by atoms with Crippen LogP contribution in [-0.2, 0) is 6.18 Å². The van der Waals surface area contributed by atoms with Gasteiger partial charge in [0.25, 0.3) is 0 Å². The van der Waals surface area contributed by atoms with Crippen LogP contribution in [0.15, 0.2) is 24.3 Å². The van der Waals surface area contributed by atoms with Crippen LogP contribution >= 0.6 is 0 Å². The van der Waals surface area contributed by atoms with E-state index in [0.29, 0.717) is 12.1 Å². The Labute approximate surface area is 123 Å². The summed E-state index contributed by atoms with van der Waals surface area (Å²) < 4.78 is 37.9. The lowest BCUT2D eigenvalue weighted by atomic mass is 10.0. The van der Waals surface area contributed by atoms with E-state index in [0.717, 1.165) is 38.0 Å². The molecule has 1 aromatic carbocycles. The molecular weight excluding hydrogens is 277 g/mol. The Morgan fingerprint density at radius 1 is 1.05 bits per heavy atom. The molecule has 1 atom stereocenters. The van der Waals surface area contributed by atoms with Crippen molar-refractivity contribution < 1.29 is 13.2 Å². The summed E-state index contributed by atoms with van der Waals surface area (Å²) in [4.78, 5) is 2.28. The number of rotatable bonds is 4. The fourth-order valence-corrected chi connectivity index (χ4v) is 3.01. The van der Waals surface area contributed by atoms with Gasteiger partial charge in [-0.15, -0.1) is 0 Å². The fourth-order valence-electron chi connectivity index (χ4n) is 3.01. The van der Waals surface area contributed by atoms with E-state index in [1.54, 1.807) is 12.1 Å². The highest BCUT2D eigenvalue weighted by Crippen LogP contribution is 2.35. The zero-order chi connectivity index (χ0) is 14.9. The molecule has 3 rings (SSSR count). The average molecular weight is 298 g/mol. The second-order valence-corrected chi connectivity index (χ2v) is 6.07. The Hall–Kier alpha value is -1.23. The van der Waals surface area contributed by atoms with Crippen LogP contribution in [0.2, 0.25) is 0 Å². The minimum atomic E-state index is -4.26. The summed E-state index contributed by atoms with van der Waals surface area (Å²) in [6.07, 6.45) is 1.66. The maximum atomic E-state index is 12.6. The summed E-state index contributed by atoms with van der Waals surface area (Å²) >= 11 is 0. The van der Waals surface area contributed by atoms with E-state index in [1.807, 2.05) is 0 Å². The summed E-state index contributed by atoms with van der Waals surface area (Å²) in [7, 11) is 0. The van der Waals surface area contributed by atoms with E-state index in [2.05, 4.69) is 10.2 Å². The molecule has 0 radical (unpaired) electrons. The van der Waals surface area contributed by atoms with Crippen LogP contribution in [0, 0.1) is 0 Å². The highest BCUT2D eigenvalue weighted by atomic mass is 19.4. The summed E-state index contributed by atoms with van der Waals surface area (Å²) in [6, 6.07) is 6.58. The quantitative estimate of drug-likeness (QED) is 0.909. The average Bonchev–Trinajstić information content (AvgIpc) is 3.30. The lowest BCUT2D eigenvalue weighted by Gasteiger charge is -2.32. The van der Waals surface area contributed by atoms with Gasteiger partial charge >= 0.3 is 6.18 Å². The number of halogens is 3. The lowest BCUT2D eigenvalue weighted by molar-refractivity contribution is -0.137. The molecule has 116 valence electrons. The molecular formula is C16H21F3N2. The minimum absolute atomic E-state index is 0.460. The zero-order valence-electron chi connectivity index (χ0n) is 12.0. The highest BCUT2D eigenvalue weighted by molar-refractivity contribution is 5.50. The molecule has 2 fully saturated rings. The van der Waals surface area contributed by atoms with Gasteiger partial charge in [-0.2, -0.15) is 13.2 Å². The van der Waals surface area contributed by atoms with E-state index in [-0.39, 0.29) is 0 Å². The predicted molar refractivity (Wildman–Crippen MR) is 77.5 cm³/mol. The van der Waals surface area contributed by atoms with Gasteiger partial charge in [0.05, 0.1) is 5.56 Å². The molecule has 1 saturated heterocycles. The number of piperidine rings is 1. The van der Waals surface area contributed by atoms with Gasteiger partial charge in [-0.05, 0) is 56.5 Å². The van der Waals surface area contributed by atoms with Crippen molar-refractivity contribution in [2.45, 2.75) is 50.4 Å². The Morgan fingerprint density at radius 3 is 2.29 bits per heavy atom. The molecule has 1 heterocycles. The molecule has 1 aromatic rings. The number of hydrogen-bond donors (Lipinski definition) is 1. The van der Waals surface area contributed by atoms with Gasteiger partial charge in [0, 0.05) is 24.3 Å². The molecule has 1 N–H and O–H groups in total. The van der Waals surface area contributed by atoms with Gasteiger partial charge in [0.1, 0.15) is 0 Å². The second kappa shape index (κ2) is 5.87. The third-order valence-electron chi connectivity index (χ3n) is 4.34. The Morgan fingerprint density at radius 2 is 1.76 bits per heavy atom. The molecule has 1 aliphatic carbocycles. The molecule has 2 nitrogen and oxygen atoms in total. The standard InChI is InChI=1S/C16H21F3N2/c17-16(18,19)12-4-6-14(7-5-12)21(15-8-9-15)11-13-3-1-2-10-20-13/h4-7,13,15,20H,1-3,8-11H2. The number of hydrogen-bond acceptors (Lipinski definition) is 2. The van der Waals surface area contributed by atoms with Gasteiger partial charge in [-0.25, -0.2) is 0 Å². The van der Waals surface area contributed by atoms with Crippen molar-refractivity contribution in [2.75, 3.05) is 18.0 Å². The van der Waals surface area contributed by atoms with Crippen LogP contribution in [0.25, 0.3) is 0 Å². The van der Waals surface area contributed by atoms with Crippen LogP contribution in [-0.4, -0.2) is 25.2 Å². The number of nitrogens with one attached hydrogen (secondary N) is 1. The molecule has 0 bridgehead atoms. The topological polar surface area (TPSA) is 15.3 Å². The summed E-state index contributed by atoms with van der Waals surface area (Å²) in [5.74, 6) is 0. The first-order valence-corrected chi connectivity index (χ1v) is 7.71. The first kappa shape index (κ1) is 14.7. The van der Waals surface area contributed by atoms with Crippen molar-refractivity contribution in [1.29, 1.82) is 0 Å². The first-order valence-electron chi connectivity index (χ1n) is 7.71.